The van der Waals surface area contributed by atoms with E-state index in [1.165, 1.54) is 0 Å². The predicted molar refractivity (Wildman–Crippen MR) is 79.6 cm³/mol. The van der Waals surface area contributed by atoms with Gasteiger partial charge in [0.1, 0.15) is 11.5 Å². The molecule has 5 heteroatoms. The van der Waals surface area contributed by atoms with E-state index in [0.29, 0.717) is 30.5 Å². The molecule has 1 aromatic heterocycles. The van der Waals surface area contributed by atoms with Crippen LogP contribution in [0.15, 0.2) is 12.7 Å². The lowest BCUT2D eigenvalue weighted by Crippen LogP contribution is -2.12. The molecule has 0 aliphatic heterocycles. The van der Waals surface area contributed by atoms with E-state index in [1.54, 1.807) is 6.08 Å². The molecule has 3 N–H and O–H groups in total. The minimum absolute atomic E-state index is 0.221. The molecular formula is C14H24N4O. The van der Waals surface area contributed by atoms with Crippen LogP contribution in [0.2, 0.25) is 0 Å². The third-order valence-corrected chi connectivity index (χ3v) is 2.59. The molecular weight excluding hydrogens is 240 g/mol. The summed E-state index contributed by atoms with van der Waals surface area (Å²) in [7, 11) is 0. The Labute approximate surface area is 115 Å². The molecule has 5 nitrogen and oxygen atoms in total. The summed E-state index contributed by atoms with van der Waals surface area (Å²) in [6, 6.07) is 0. The Balaban J connectivity index is 2.98. The van der Waals surface area contributed by atoms with Crippen LogP contribution < -0.4 is 15.8 Å². The van der Waals surface area contributed by atoms with E-state index in [4.69, 9.17) is 10.5 Å². The first-order valence-electron chi connectivity index (χ1n) is 6.75. The normalized spacial score (nSPS) is 10.5. The van der Waals surface area contributed by atoms with Gasteiger partial charge < -0.3 is 15.8 Å². The van der Waals surface area contributed by atoms with Gasteiger partial charge in [0.2, 0.25) is 5.88 Å². The Kier molecular flexibility index (Phi) is 6.12. The summed E-state index contributed by atoms with van der Waals surface area (Å²) in [5.74, 6) is 2.04. The number of hydrogen-bond acceptors (Lipinski definition) is 5. The third-order valence-electron chi connectivity index (χ3n) is 2.59. The Morgan fingerprint density at radius 2 is 2.16 bits per heavy atom. The van der Waals surface area contributed by atoms with Crippen LogP contribution in [0.5, 0.6) is 5.88 Å². The smallest absolute Gasteiger partial charge is 0.242 e. The number of nitrogen functional groups attached to an aromatic ring is 1. The first kappa shape index (κ1) is 15.3. The van der Waals surface area contributed by atoms with Gasteiger partial charge in [-0.3, -0.25) is 0 Å². The monoisotopic (exact) mass is 264 g/mol. The van der Waals surface area contributed by atoms with E-state index >= 15 is 0 Å². The van der Waals surface area contributed by atoms with E-state index in [0.717, 1.165) is 18.7 Å². The Hall–Kier alpha value is -1.78. The summed E-state index contributed by atoms with van der Waals surface area (Å²) in [6.45, 7) is 11.1. The highest BCUT2D eigenvalue weighted by Crippen LogP contribution is 2.28. The summed E-state index contributed by atoms with van der Waals surface area (Å²) in [5, 5.41) is 3.11. The number of unbranched alkanes of at least 4 members (excludes halogenated alkanes) is 1. The zero-order valence-electron chi connectivity index (χ0n) is 12.1. The van der Waals surface area contributed by atoms with Crippen LogP contribution in [0, 0.1) is 0 Å². The summed E-state index contributed by atoms with van der Waals surface area (Å²) >= 11 is 0. The van der Waals surface area contributed by atoms with Gasteiger partial charge in [0, 0.05) is 12.5 Å². The van der Waals surface area contributed by atoms with Crippen LogP contribution >= 0.6 is 0 Å². The van der Waals surface area contributed by atoms with Crippen LogP contribution in [0.4, 0.5) is 11.5 Å². The highest BCUT2D eigenvalue weighted by Gasteiger charge is 2.14. The fourth-order valence-corrected chi connectivity index (χ4v) is 1.45. The molecule has 0 aliphatic carbocycles. The van der Waals surface area contributed by atoms with Crippen LogP contribution in [0.1, 0.15) is 45.4 Å². The van der Waals surface area contributed by atoms with Crippen molar-refractivity contribution in [1.29, 1.82) is 0 Å². The molecule has 0 atom stereocenters. The fourth-order valence-electron chi connectivity index (χ4n) is 1.45. The average Bonchev–Trinajstić information content (AvgIpc) is 2.39. The molecule has 0 aromatic carbocycles. The van der Waals surface area contributed by atoms with Crippen molar-refractivity contribution in [1.82, 2.24) is 9.97 Å². The number of nitrogens with two attached hydrogens (primary N) is 1. The largest absolute Gasteiger partial charge is 0.476 e. The lowest BCUT2D eigenvalue weighted by atomic mass is 10.2. The highest BCUT2D eigenvalue weighted by molar-refractivity contribution is 5.67. The zero-order chi connectivity index (χ0) is 14.3. The second kappa shape index (κ2) is 7.61. The van der Waals surface area contributed by atoms with Crippen LogP contribution in [0.3, 0.4) is 0 Å². The molecule has 0 fully saturated rings. The van der Waals surface area contributed by atoms with Gasteiger partial charge in [-0.05, 0) is 6.42 Å². The van der Waals surface area contributed by atoms with Gasteiger partial charge in [0.05, 0.1) is 6.61 Å². The number of anilines is 2. The number of nitrogens with one attached hydrogen (secondary N) is 1. The van der Waals surface area contributed by atoms with Gasteiger partial charge in [0.15, 0.2) is 5.82 Å². The van der Waals surface area contributed by atoms with E-state index in [-0.39, 0.29) is 5.92 Å². The van der Waals surface area contributed by atoms with Gasteiger partial charge in [-0.25, -0.2) is 4.98 Å². The zero-order valence-corrected chi connectivity index (χ0v) is 12.1. The quantitative estimate of drug-likeness (QED) is 0.558. The maximum atomic E-state index is 6.03. The molecule has 0 unspecified atom stereocenters. The molecule has 0 spiro atoms. The van der Waals surface area contributed by atoms with Crippen molar-refractivity contribution in [2.75, 3.05) is 24.2 Å². The van der Waals surface area contributed by atoms with Crippen molar-refractivity contribution in [3.63, 3.8) is 0 Å². The predicted octanol–water partition coefficient (Wildman–Crippen LogP) is 2.96. The van der Waals surface area contributed by atoms with Crippen molar-refractivity contribution in [2.45, 2.75) is 39.5 Å². The van der Waals surface area contributed by atoms with Crippen LogP contribution in [-0.2, 0) is 0 Å². The van der Waals surface area contributed by atoms with E-state index in [2.05, 4.69) is 28.8 Å². The molecule has 0 bridgehead atoms. The van der Waals surface area contributed by atoms with Gasteiger partial charge >= 0.3 is 0 Å². The third kappa shape index (κ3) is 4.43. The van der Waals surface area contributed by atoms with Gasteiger partial charge in [-0.2, -0.15) is 4.98 Å². The Morgan fingerprint density at radius 3 is 2.74 bits per heavy atom. The minimum Gasteiger partial charge on any atom is -0.476 e. The number of hydrogen-bond donors (Lipinski definition) is 2. The number of ether oxygens (including phenoxy) is 1. The molecule has 0 radical (unpaired) electrons. The molecule has 1 heterocycles. The topological polar surface area (TPSA) is 73.1 Å². The molecule has 0 saturated heterocycles. The van der Waals surface area contributed by atoms with Crippen molar-refractivity contribution in [3.8, 4) is 5.88 Å². The maximum Gasteiger partial charge on any atom is 0.242 e. The molecule has 1 aromatic rings. The first-order chi connectivity index (χ1) is 9.10. The van der Waals surface area contributed by atoms with Crippen LogP contribution in [-0.4, -0.2) is 23.1 Å². The summed E-state index contributed by atoms with van der Waals surface area (Å²) < 4.78 is 5.65. The van der Waals surface area contributed by atoms with E-state index in [1.807, 2.05) is 13.8 Å². The minimum atomic E-state index is 0.221. The van der Waals surface area contributed by atoms with E-state index < -0.39 is 0 Å². The number of rotatable bonds is 8. The summed E-state index contributed by atoms with van der Waals surface area (Å²) in [4.78, 5) is 8.81. The van der Waals surface area contributed by atoms with Crippen molar-refractivity contribution in [2.24, 2.45) is 0 Å². The van der Waals surface area contributed by atoms with Gasteiger partial charge in [-0.1, -0.05) is 33.3 Å². The van der Waals surface area contributed by atoms with E-state index in [9.17, 15) is 0 Å². The number of nitrogens with zero attached hydrogens (tertiary/aromatic N) is 2. The molecule has 0 amide bonds. The highest BCUT2D eigenvalue weighted by atomic mass is 16.5. The molecule has 0 aliphatic rings. The SMILES string of the molecule is C=CCNc1nc(C(C)C)nc(OCCCC)c1N. The van der Waals surface area contributed by atoms with Crippen molar-refractivity contribution >= 4 is 11.5 Å². The van der Waals surface area contributed by atoms with Gasteiger partial charge in [0.25, 0.3) is 0 Å². The second-order valence-electron chi connectivity index (χ2n) is 4.68. The van der Waals surface area contributed by atoms with Crippen molar-refractivity contribution in [3.05, 3.63) is 18.5 Å². The van der Waals surface area contributed by atoms with Gasteiger partial charge in [-0.15, -0.1) is 6.58 Å². The Bertz CT molecular complexity index is 418. The molecule has 1 rings (SSSR count). The number of aromatic nitrogens is 2. The van der Waals surface area contributed by atoms with Crippen LogP contribution in [0.25, 0.3) is 0 Å². The van der Waals surface area contributed by atoms with Crippen molar-refractivity contribution < 1.29 is 4.74 Å². The first-order valence-corrected chi connectivity index (χ1v) is 6.75. The second-order valence-corrected chi connectivity index (χ2v) is 4.68. The molecule has 0 saturated carbocycles. The Morgan fingerprint density at radius 1 is 1.42 bits per heavy atom. The molecule has 106 valence electrons. The average molecular weight is 264 g/mol. The summed E-state index contributed by atoms with van der Waals surface area (Å²) in [5.41, 5.74) is 6.49. The fraction of sp³-hybridized carbons (Fsp3) is 0.571. The maximum absolute atomic E-state index is 6.03. The summed E-state index contributed by atoms with van der Waals surface area (Å²) in [6.07, 6.45) is 3.81. The molecule has 19 heavy (non-hydrogen) atoms. The standard InChI is InChI=1S/C14H24N4O/c1-5-7-9-19-14-11(15)13(16-8-6-2)17-12(18-14)10(3)4/h6,10H,2,5,7-9,15H2,1,3-4H3,(H,16,17,18). The lowest BCUT2D eigenvalue weighted by molar-refractivity contribution is 0.298. The lowest BCUT2D eigenvalue weighted by Gasteiger charge is -2.14.